The predicted molar refractivity (Wildman–Crippen MR) is 131 cm³/mol. The highest BCUT2D eigenvalue weighted by atomic mass is 19.1. The molecule has 0 bridgehead atoms. The molecule has 1 N–H and O–H groups in total. The van der Waals surface area contributed by atoms with Crippen molar-refractivity contribution in [3.05, 3.63) is 59.0 Å². The van der Waals surface area contributed by atoms with E-state index < -0.39 is 17.8 Å². The Bertz CT molecular complexity index is 1390. The number of nitrogens with zero attached hydrogens (tertiary/aromatic N) is 5. The van der Waals surface area contributed by atoms with Gasteiger partial charge in [0.15, 0.2) is 0 Å². The Kier molecular flexibility index (Phi) is 5.48. The Morgan fingerprint density at radius 2 is 1.86 bits per heavy atom. The van der Waals surface area contributed by atoms with Crippen LogP contribution in [0.4, 0.5) is 10.1 Å². The molecule has 10 heteroatoms. The van der Waals surface area contributed by atoms with Crippen LogP contribution < -0.4 is 10.2 Å². The highest BCUT2D eigenvalue weighted by Gasteiger charge is 2.40. The van der Waals surface area contributed by atoms with Crippen molar-refractivity contribution in [1.82, 2.24) is 24.9 Å². The lowest BCUT2D eigenvalue weighted by atomic mass is 10.0. The van der Waals surface area contributed by atoms with Gasteiger partial charge in [0, 0.05) is 63.7 Å². The molecule has 0 saturated carbocycles. The molecule has 1 atom stereocenters. The number of hydrogen-bond acceptors (Lipinski definition) is 6. The molecule has 3 aliphatic rings. The number of piperazine rings is 1. The van der Waals surface area contributed by atoms with Crippen molar-refractivity contribution >= 4 is 34.3 Å². The van der Waals surface area contributed by atoms with E-state index in [0.717, 1.165) is 36.2 Å². The first-order valence-corrected chi connectivity index (χ1v) is 12.2. The summed E-state index contributed by atoms with van der Waals surface area (Å²) in [4.78, 5) is 42.5. The number of amides is 3. The lowest BCUT2D eigenvalue weighted by Gasteiger charge is -2.36. The zero-order chi connectivity index (χ0) is 25.0. The number of imide groups is 1. The Morgan fingerprint density at radius 1 is 1.08 bits per heavy atom. The van der Waals surface area contributed by atoms with Gasteiger partial charge in [-0.25, -0.2) is 4.39 Å². The predicted octanol–water partition coefficient (Wildman–Crippen LogP) is 1.80. The quantitative estimate of drug-likeness (QED) is 0.561. The number of aryl methyl sites for hydroxylation is 1. The molecule has 6 rings (SSSR count). The summed E-state index contributed by atoms with van der Waals surface area (Å²) < 4.78 is 17.1. The second-order valence-corrected chi connectivity index (χ2v) is 9.71. The van der Waals surface area contributed by atoms with Crippen molar-refractivity contribution in [3.63, 3.8) is 0 Å². The van der Waals surface area contributed by atoms with E-state index in [4.69, 9.17) is 0 Å². The second-order valence-electron chi connectivity index (χ2n) is 9.71. The maximum atomic E-state index is 15.2. The summed E-state index contributed by atoms with van der Waals surface area (Å²) >= 11 is 0. The fourth-order valence-electron chi connectivity index (χ4n) is 5.57. The molecule has 186 valence electrons. The third kappa shape index (κ3) is 3.81. The Hall–Kier alpha value is -3.79. The van der Waals surface area contributed by atoms with Gasteiger partial charge < -0.3 is 9.80 Å². The van der Waals surface area contributed by atoms with E-state index in [0.29, 0.717) is 29.9 Å². The minimum Gasteiger partial charge on any atom is -0.367 e. The van der Waals surface area contributed by atoms with E-state index in [1.54, 1.807) is 6.07 Å². The molecule has 1 unspecified atom stereocenters. The number of fused-ring (bicyclic) bond motifs is 2. The van der Waals surface area contributed by atoms with Gasteiger partial charge in [0.05, 0.1) is 16.9 Å². The largest absolute Gasteiger partial charge is 0.367 e. The van der Waals surface area contributed by atoms with Gasteiger partial charge in [0.2, 0.25) is 11.8 Å². The fraction of sp³-hybridized carbons (Fsp3) is 0.385. The molecule has 2 saturated heterocycles. The average Bonchev–Trinajstić information content (AvgIpc) is 3.35. The normalized spacial score (nSPS) is 20.8. The molecular weight excluding hydrogens is 463 g/mol. The van der Waals surface area contributed by atoms with E-state index in [2.05, 4.69) is 21.4 Å². The standard InChI is InChI=1S/C26H27FN6O3/c1-30-23(17-4-2-3-5-20(17)29-30)15-31-8-10-32(11-9-31)22-12-16-14-33(26(36)18(16)13-19(22)27)21-6-7-24(34)28-25(21)35/h2-5,12-13,21H,6-11,14-15H2,1H3,(H,28,34,35). The lowest BCUT2D eigenvalue weighted by Crippen LogP contribution is -2.52. The number of halogens is 1. The van der Waals surface area contributed by atoms with Crippen LogP contribution in [0, 0.1) is 5.82 Å². The molecule has 4 heterocycles. The first kappa shape index (κ1) is 22.7. The molecular formula is C26H27FN6O3. The Labute approximate surface area is 207 Å². The van der Waals surface area contributed by atoms with Crippen LogP contribution in [0.25, 0.3) is 10.9 Å². The molecule has 0 radical (unpaired) electrons. The van der Waals surface area contributed by atoms with Gasteiger partial charge >= 0.3 is 0 Å². The van der Waals surface area contributed by atoms with Gasteiger partial charge in [0.1, 0.15) is 11.9 Å². The van der Waals surface area contributed by atoms with Gasteiger partial charge in [-0.2, -0.15) is 5.10 Å². The van der Waals surface area contributed by atoms with Crippen molar-refractivity contribution < 1.29 is 18.8 Å². The van der Waals surface area contributed by atoms with Crippen LogP contribution in [-0.2, 0) is 29.7 Å². The van der Waals surface area contributed by atoms with Crippen LogP contribution in [0.1, 0.15) is 34.5 Å². The van der Waals surface area contributed by atoms with Gasteiger partial charge in [0.25, 0.3) is 5.91 Å². The summed E-state index contributed by atoms with van der Waals surface area (Å²) in [7, 11) is 1.96. The monoisotopic (exact) mass is 490 g/mol. The molecule has 2 fully saturated rings. The third-order valence-corrected chi connectivity index (χ3v) is 7.54. The summed E-state index contributed by atoms with van der Waals surface area (Å²) in [5.74, 6) is -1.59. The number of piperidine rings is 1. The second kappa shape index (κ2) is 8.70. The lowest BCUT2D eigenvalue weighted by molar-refractivity contribution is -0.136. The van der Waals surface area contributed by atoms with Crippen LogP contribution in [0.15, 0.2) is 36.4 Å². The van der Waals surface area contributed by atoms with Crippen molar-refractivity contribution in [2.45, 2.75) is 32.0 Å². The number of aromatic nitrogens is 2. The first-order chi connectivity index (χ1) is 17.4. The van der Waals surface area contributed by atoms with Crippen LogP contribution in [0.5, 0.6) is 0 Å². The fourth-order valence-corrected chi connectivity index (χ4v) is 5.57. The minimum absolute atomic E-state index is 0.190. The van der Waals surface area contributed by atoms with Crippen LogP contribution >= 0.6 is 0 Å². The topological polar surface area (TPSA) is 90.8 Å². The SMILES string of the molecule is Cn1nc2ccccc2c1CN1CCN(c2cc3c(cc2F)C(=O)N(C2CCC(=O)NC2=O)C3)CC1. The molecule has 1 aromatic heterocycles. The summed E-state index contributed by atoms with van der Waals surface area (Å²) in [5.41, 5.74) is 3.63. The summed E-state index contributed by atoms with van der Waals surface area (Å²) in [5, 5.41) is 8.04. The minimum atomic E-state index is -0.708. The van der Waals surface area contributed by atoms with Crippen molar-refractivity contribution in [1.29, 1.82) is 0 Å². The van der Waals surface area contributed by atoms with Gasteiger partial charge in [-0.1, -0.05) is 18.2 Å². The Balaban J connectivity index is 1.15. The number of hydrogen-bond donors (Lipinski definition) is 1. The van der Waals surface area contributed by atoms with E-state index in [9.17, 15) is 14.4 Å². The van der Waals surface area contributed by atoms with Crippen molar-refractivity contribution in [2.24, 2.45) is 7.05 Å². The number of carbonyl (C=O) groups excluding carboxylic acids is 3. The van der Waals surface area contributed by atoms with Crippen LogP contribution in [-0.4, -0.2) is 69.5 Å². The number of rotatable bonds is 4. The maximum Gasteiger partial charge on any atom is 0.255 e. The number of benzene rings is 2. The zero-order valence-electron chi connectivity index (χ0n) is 20.0. The average molecular weight is 491 g/mol. The molecule has 9 nitrogen and oxygen atoms in total. The van der Waals surface area contributed by atoms with Crippen LogP contribution in [0.3, 0.4) is 0 Å². The van der Waals surface area contributed by atoms with E-state index >= 15 is 4.39 Å². The number of carbonyl (C=O) groups is 3. The molecule has 3 amide bonds. The molecule has 0 spiro atoms. The van der Waals surface area contributed by atoms with Gasteiger partial charge in [-0.05, 0) is 30.2 Å². The smallest absolute Gasteiger partial charge is 0.255 e. The molecule has 3 aliphatic heterocycles. The van der Waals surface area contributed by atoms with Gasteiger partial charge in [-0.15, -0.1) is 0 Å². The highest BCUT2D eigenvalue weighted by molar-refractivity contribution is 6.05. The molecule has 2 aromatic carbocycles. The summed E-state index contributed by atoms with van der Waals surface area (Å²) in [6.45, 7) is 3.88. The molecule has 3 aromatic rings. The van der Waals surface area contributed by atoms with Gasteiger partial charge in [-0.3, -0.25) is 29.3 Å². The zero-order valence-corrected chi connectivity index (χ0v) is 20.0. The van der Waals surface area contributed by atoms with Crippen LogP contribution in [0.2, 0.25) is 0 Å². The molecule has 0 aliphatic carbocycles. The third-order valence-electron chi connectivity index (χ3n) is 7.54. The van der Waals surface area contributed by atoms with E-state index in [-0.39, 0.29) is 31.2 Å². The van der Waals surface area contributed by atoms with Crippen molar-refractivity contribution in [3.8, 4) is 0 Å². The number of anilines is 1. The van der Waals surface area contributed by atoms with E-state index in [1.165, 1.54) is 11.0 Å². The maximum absolute atomic E-state index is 15.2. The summed E-state index contributed by atoms with van der Waals surface area (Å²) in [6.07, 6.45) is 0.475. The number of nitrogens with one attached hydrogen (secondary N) is 1. The van der Waals surface area contributed by atoms with E-state index in [1.807, 2.05) is 34.8 Å². The first-order valence-electron chi connectivity index (χ1n) is 12.2. The molecule has 36 heavy (non-hydrogen) atoms. The summed E-state index contributed by atoms with van der Waals surface area (Å²) in [6, 6.07) is 10.5. The van der Waals surface area contributed by atoms with Crippen molar-refractivity contribution in [2.75, 3.05) is 31.1 Å². The highest BCUT2D eigenvalue weighted by Crippen LogP contribution is 2.33. The Morgan fingerprint density at radius 3 is 2.64 bits per heavy atom.